The first kappa shape index (κ1) is 15.5. The smallest absolute Gasteiger partial charge is 0.161 e. The maximum Gasteiger partial charge on any atom is 0.161 e. The van der Waals surface area contributed by atoms with Crippen LogP contribution in [0, 0.1) is 0 Å². The van der Waals surface area contributed by atoms with E-state index in [1.807, 2.05) is 30.3 Å². The van der Waals surface area contributed by atoms with Crippen molar-refractivity contribution in [3.63, 3.8) is 0 Å². The minimum atomic E-state index is 0.672. The summed E-state index contributed by atoms with van der Waals surface area (Å²) >= 11 is 3.56. The molecule has 0 spiro atoms. The highest BCUT2D eigenvalue weighted by atomic mass is 79.9. The zero-order valence-electron chi connectivity index (χ0n) is 12.4. The third kappa shape index (κ3) is 3.08. The Labute approximate surface area is 132 Å². The fraction of sp³-hybridized carbons (Fsp3) is 0.250. The number of rotatable bonds is 5. The minimum absolute atomic E-state index is 0.672. The zero-order valence-corrected chi connectivity index (χ0v) is 14.0. The summed E-state index contributed by atoms with van der Waals surface area (Å²) in [5.41, 5.74) is 1.97. The summed E-state index contributed by atoms with van der Waals surface area (Å²) in [6, 6.07) is 9.56. The van der Waals surface area contributed by atoms with Gasteiger partial charge in [-0.1, -0.05) is 22.0 Å². The quantitative estimate of drug-likeness (QED) is 0.809. The number of hydrogen-bond acceptors (Lipinski definition) is 4. The Morgan fingerprint density at radius 2 is 1.19 bits per heavy atom. The molecule has 2 aromatic carbocycles. The third-order valence-electron chi connectivity index (χ3n) is 3.17. The molecular weight excluding hydrogens is 336 g/mol. The Balaban J connectivity index is 2.56. The average molecular weight is 353 g/mol. The highest BCUT2D eigenvalue weighted by Crippen LogP contribution is 2.40. The third-order valence-corrected chi connectivity index (χ3v) is 3.82. The van der Waals surface area contributed by atoms with Crippen LogP contribution in [0.3, 0.4) is 0 Å². The van der Waals surface area contributed by atoms with Gasteiger partial charge in [-0.25, -0.2) is 0 Å². The molecule has 0 atom stereocenters. The second-order valence-corrected chi connectivity index (χ2v) is 5.11. The van der Waals surface area contributed by atoms with E-state index in [9.17, 15) is 0 Å². The van der Waals surface area contributed by atoms with Crippen LogP contribution in [-0.2, 0) is 0 Å². The largest absolute Gasteiger partial charge is 0.493 e. The SMILES string of the molecule is COc1ccc(-c2cc(OC)c(OC)cc2Br)cc1OC. The van der Waals surface area contributed by atoms with Crippen molar-refractivity contribution in [3.05, 3.63) is 34.8 Å². The molecule has 0 heterocycles. The molecule has 2 aromatic rings. The van der Waals surface area contributed by atoms with Gasteiger partial charge in [0.25, 0.3) is 0 Å². The Morgan fingerprint density at radius 1 is 0.667 bits per heavy atom. The summed E-state index contributed by atoms with van der Waals surface area (Å²) in [6.07, 6.45) is 0. The predicted octanol–water partition coefficient (Wildman–Crippen LogP) is 4.15. The standard InChI is InChI=1S/C16H17BrO4/c1-18-13-6-5-10(7-14(13)19-2)11-8-15(20-3)16(21-4)9-12(11)17/h5-9H,1-4H3. The molecule has 4 nitrogen and oxygen atoms in total. The van der Waals surface area contributed by atoms with Crippen LogP contribution in [-0.4, -0.2) is 28.4 Å². The molecule has 0 saturated carbocycles. The first-order valence-electron chi connectivity index (χ1n) is 6.28. The van der Waals surface area contributed by atoms with Crippen molar-refractivity contribution in [1.29, 1.82) is 0 Å². The van der Waals surface area contributed by atoms with Gasteiger partial charge in [-0.05, 0) is 35.4 Å². The predicted molar refractivity (Wildman–Crippen MR) is 85.8 cm³/mol. The van der Waals surface area contributed by atoms with E-state index >= 15 is 0 Å². The Kier molecular flexibility index (Phi) is 4.96. The van der Waals surface area contributed by atoms with Gasteiger partial charge in [0.1, 0.15) is 0 Å². The lowest BCUT2D eigenvalue weighted by Gasteiger charge is -2.14. The lowest BCUT2D eigenvalue weighted by molar-refractivity contribution is 0.354. The molecule has 112 valence electrons. The summed E-state index contributed by atoms with van der Waals surface area (Å²) in [5.74, 6) is 2.72. The normalized spacial score (nSPS) is 10.1. The monoisotopic (exact) mass is 352 g/mol. The fourth-order valence-electron chi connectivity index (χ4n) is 2.08. The van der Waals surface area contributed by atoms with E-state index in [1.54, 1.807) is 28.4 Å². The first-order valence-corrected chi connectivity index (χ1v) is 7.07. The van der Waals surface area contributed by atoms with Gasteiger partial charge in [0, 0.05) is 4.47 Å². The molecule has 0 fully saturated rings. The van der Waals surface area contributed by atoms with Crippen LogP contribution in [0.4, 0.5) is 0 Å². The summed E-state index contributed by atoms with van der Waals surface area (Å²) in [4.78, 5) is 0. The zero-order chi connectivity index (χ0) is 15.4. The minimum Gasteiger partial charge on any atom is -0.493 e. The second kappa shape index (κ2) is 6.72. The Bertz CT molecular complexity index is 640. The average Bonchev–Trinajstić information content (AvgIpc) is 2.53. The maximum absolute atomic E-state index is 5.35. The molecule has 0 aromatic heterocycles. The molecular formula is C16H17BrO4. The van der Waals surface area contributed by atoms with E-state index in [4.69, 9.17) is 18.9 Å². The summed E-state index contributed by atoms with van der Waals surface area (Å²) in [5, 5.41) is 0. The molecule has 0 unspecified atom stereocenters. The Hall–Kier alpha value is -1.88. The van der Waals surface area contributed by atoms with E-state index < -0.39 is 0 Å². The molecule has 21 heavy (non-hydrogen) atoms. The van der Waals surface area contributed by atoms with Crippen LogP contribution < -0.4 is 18.9 Å². The van der Waals surface area contributed by atoms with Crippen molar-refractivity contribution < 1.29 is 18.9 Å². The Morgan fingerprint density at radius 3 is 1.76 bits per heavy atom. The molecule has 0 aliphatic carbocycles. The van der Waals surface area contributed by atoms with Gasteiger partial charge in [-0.15, -0.1) is 0 Å². The van der Waals surface area contributed by atoms with Crippen LogP contribution in [0.25, 0.3) is 11.1 Å². The number of ether oxygens (including phenoxy) is 4. The molecule has 0 aliphatic heterocycles. The highest BCUT2D eigenvalue weighted by Gasteiger charge is 2.13. The molecule has 2 rings (SSSR count). The van der Waals surface area contributed by atoms with E-state index in [0.717, 1.165) is 15.6 Å². The van der Waals surface area contributed by atoms with E-state index in [-0.39, 0.29) is 0 Å². The van der Waals surface area contributed by atoms with Crippen LogP contribution >= 0.6 is 15.9 Å². The van der Waals surface area contributed by atoms with Gasteiger partial charge in [0.2, 0.25) is 0 Å². The number of hydrogen-bond donors (Lipinski definition) is 0. The van der Waals surface area contributed by atoms with Gasteiger partial charge in [-0.2, -0.15) is 0 Å². The lowest BCUT2D eigenvalue weighted by atomic mass is 10.0. The van der Waals surface area contributed by atoms with Crippen LogP contribution in [0.15, 0.2) is 34.8 Å². The van der Waals surface area contributed by atoms with Crippen LogP contribution in [0.5, 0.6) is 23.0 Å². The fourth-order valence-corrected chi connectivity index (χ4v) is 2.63. The van der Waals surface area contributed by atoms with Crippen LogP contribution in [0.1, 0.15) is 0 Å². The lowest BCUT2D eigenvalue weighted by Crippen LogP contribution is -1.93. The van der Waals surface area contributed by atoms with Crippen molar-refractivity contribution in [2.45, 2.75) is 0 Å². The molecule has 0 N–H and O–H groups in total. The first-order chi connectivity index (χ1) is 10.1. The van der Waals surface area contributed by atoms with Crippen molar-refractivity contribution in [1.82, 2.24) is 0 Å². The second-order valence-electron chi connectivity index (χ2n) is 4.26. The molecule has 0 amide bonds. The molecule has 0 saturated heterocycles. The molecule has 0 bridgehead atoms. The molecule has 0 radical (unpaired) electrons. The van der Waals surface area contributed by atoms with Gasteiger partial charge in [0.05, 0.1) is 28.4 Å². The highest BCUT2D eigenvalue weighted by molar-refractivity contribution is 9.10. The summed E-state index contributed by atoms with van der Waals surface area (Å²) in [7, 11) is 6.46. The molecule has 5 heteroatoms. The summed E-state index contributed by atoms with van der Waals surface area (Å²) < 4.78 is 22.2. The summed E-state index contributed by atoms with van der Waals surface area (Å²) in [6.45, 7) is 0. The number of halogens is 1. The molecule has 0 aliphatic rings. The number of benzene rings is 2. The van der Waals surface area contributed by atoms with Crippen molar-refractivity contribution in [2.24, 2.45) is 0 Å². The van der Waals surface area contributed by atoms with Gasteiger partial charge in [-0.3, -0.25) is 0 Å². The van der Waals surface area contributed by atoms with Gasteiger partial charge in [0.15, 0.2) is 23.0 Å². The number of methoxy groups -OCH3 is 4. The topological polar surface area (TPSA) is 36.9 Å². The van der Waals surface area contributed by atoms with Crippen molar-refractivity contribution in [3.8, 4) is 34.1 Å². The van der Waals surface area contributed by atoms with E-state index in [0.29, 0.717) is 23.0 Å². The van der Waals surface area contributed by atoms with Gasteiger partial charge < -0.3 is 18.9 Å². The van der Waals surface area contributed by atoms with Crippen molar-refractivity contribution >= 4 is 15.9 Å². The van der Waals surface area contributed by atoms with E-state index in [1.165, 1.54) is 0 Å². The maximum atomic E-state index is 5.35. The van der Waals surface area contributed by atoms with Crippen molar-refractivity contribution in [2.75, 3.05) is 28.4 Å². The van der Waals surface area contributed by atoms with E-state index in [2.05, 4.69) is 15.9 Å². The van der Waals surface area contributed by atoms with Crippen LogP contribution in [0.2, 0.25) is 0 Å². The van der Waals surface area contributed by atoms with Gasteiger partial charge >= 0.3 is 0 Å².